The highest BCUT2D eigenvalue weighted by atomic mass is 16.6. The van der Waals surface area contributed by atoms with Gasteiger partial charge in [0.05, 0.1) is 26.5 Å². The second-order valence-corrected chi connectivity index (χ2v) is 5.16. The van der Waals surface area contributed by atoms with Crippen LogP contribution in [0.5, 0.6) is 23.0 Å². The van der Waals surface area contributed by atoms with Gasteiger partial charge in [-0.1, -0.05) is 5.16 Å². The van der Waals surface area contributed by atoms with Crippen LogP contribution in [0.2, 0.25) is 0 Å². The van der Waals surface area contributed by atoms with E-state index in [-0.39, 0.29) is 0 Å². The van der Waals surface area contributed by atoms with E-state index in [0.717, 1.165) is 17.1 Å². The molecule has 0 fully saturated rings. The lowest BCUT2D eigenvalue weighted by atomic mass is 10.2. The van der Waals surface area contributed by atoms with Crippen molar-refractivity contribution in [2.24, 2.45) is 5.16 Å². The van der Waals surface area contributed by atoms with Crippen molar-refractivity contribution >= 4 is 6.21 Å². The van der Waals surface area contributed by atoms with E-state index in [9.17, 15) is 0 Å². The van der Waals surface area contributed by atoms with Gasteiger partial charge < -0.3 is 23.8 Å². The smallest absolute Gasteiger partial charge is 0.161 e. The SMILES string of the molecule is CCOc1ccc(OCCON=Cc2ccc(OCC)c(OC)c2)cc1. The quantitative estimate of drug-likeness (QED) is 0.346. The molecule has 0 bridgehead atoms. The molecule has 0 N–H and O–H groups in total. The molecule has 0 atom stereocenters. The zero-order valence-corrected chi connectivity index (χ0v) is 15.4. The first kappa shape index (κ1) is 19.4. The van der Waals surface area contributed by atoms with Gasteiger partial charge in [0.15, 0.2) is 18.1 Å². The number of hydrogen-bond acceptors (Lipinski definition) is 6. The molecule has 0 saturated heterocycles. The number of ether oxygens (including phenoxy) is 4. The van der Waals surface area contributed by atoms with Crippen LogP contribution in [-0.4, -0.2) is 39.8 Å². The van der Waals surface area contributed by atoms with E-state index < -0.39 is 0 Å². The summed E-state index contributed by atoms with van der Waals surface area (Å²) in [7, 11) is 1.60. The lowest BCUT2D eigenvalue weighted by Gasteiger charge is -2.09. The Hall–Kier alpha value is -2.89. The van der Waals surface area contributed by atoms with Gasteiger partial charge in [-0.05, 0) is 56.3 Å². The van der Waals surface area contributed by atoms with Crippen molar-refractivity contribution in [3.63, 3.8) is 0 Å². The molecule has 6 nitrogen and oxygen atoms in total. The number of nitrogens with zero attached hydrogens (tertiary/aromatic N) is 1. The fraction of sp³-hybridized carbons (Fsp3) is 0.350. The highest BCUT2D eigenvalue weighted by Crippen LogP contribution is 2.27. The van der Waals surface area contributed by atoms with E-state index >= 15 is 0 Å². The average molecular weight is 359 g/mol. The predicted molar refractivity (Wildman–Crippen MR) is 101 cm³/mol. The first-order valence-corrected chi connectivity index (χ1v) is 8.58. The third kappa shape index (κ3) is 6.20. The van der Waals surface area contributed by atoms with E-state index in [0.29, 0.717) is 37.9 Å². The summed E-state index contributed by atoms with van der Waals surface area (Å²) in [6.45, 7) is 5.85. The molecule has 0 radical (unpaired) electrons. The molecule has 140 valence electrons. The zero-order valence-electron chi connectivity index (χ0n) is 15.4. The third-order valence-electron chi connectivity index (χ3n) is 3.34. The van der Waals surface area contributed by atoms with Crippen molar-refractivity contribution in [3.8, 4) is 23.0 Å². The third-order valence-corrected chi connectivity index (χ3v) is 3.34. The molecule has 0 spiro atoms. The van der Waals surface area contributed by atoms with E-state index in [1.165, 1.54) is 0 Å². The fourth-order valence-corrected chi connectivity index (χ4v) is 2.19. The molecule has 2 aromatic carbocycles. The number of benzene rings is 2. The topological polar surface area (TPSA) is 58.5 Å². The van der Waals surface area contributed by atoms with Crippen molar-refractivity contribution in [1.82, 2.24) is 0 Å². The minimum Gasteiger partial charge on any atom is -0.494 e. The Morgan fingerprint density at radius 3 is 2.15 bits per heavy atom. The monoisotopic (exact) mass is 359 g/mol. The number of rotatable bonds is 11. The Labute approximate surface area is 154 Å². The Morgan fingerprint density at radius 2 is 1.50 bits per heavy atom. The Kier molecular flexibility index (Phi) is 8.12. The molecule has 2 rings (SSSR count). The first-order chi connectivity index (χ1) is 12.8. The number of oxime groups is 1. The maximum Gasteiger partial charge on any atom is 0.161 e. The minimum atomic E-state index is 0.345. The van der Waals surface area contributed by atoms with Gasteiger partial charge in [0, 0.05) is 5.56 Å². The summed E-state index contributed by atoms with van der Waals surface area (Å²) in [5, 5.41) is 3.94. The van der Waals surface area contributed by atoms with Gasteiger partial charge in [-0.2, -0.15) is 0 Å². The molecule has 6 heteroatoms. The Balaban J connectivity index is 1.73. The van der Waals surface area contributed by atoms with Gasteiger partial charge in [0.25, 0.3) is 0 Å². The molecule has 26 heavy (non-hydrogen) atoms. The van der Waals surface area contributed by atoms with Gasteiger partial charge >= 0.3 is 0 Å². The standard InChI is InChI=1S/C20H25NO5/c1-4-23-17-7-9-18(10-8-17)25-12-13-26-21-15-16-6-11-19(24-5-2)20(14-16)22-3/h6-11,14-15H,4-5,12-13H2,1-3H3. The molecule has 0 unspecified atom stereocenters. The molecule has 2 aromatic rings. The summed E-state index contributed by atoms with van der Waals surface area (Å²) in [4.78, 5) is 5.22. The van der Waals surface area contributed by atoms with Crippen LogP contribution in [0, 0.1) is 0 Å². The second kappa shape index (κ2) is 10.9. The molecular weight excluding hydrogens is 334 g/mol. The molecule has 0 heterocycles. The van der Waals surface area contributed by atoms with E-state index in [2.05, 4.69) is 5.16 Å². The van der Waals surface area contributed by atoms with Crippen LogP contribution in [0.15, 0.2) is 47.6 Å². The van der Waals surface area contributed by atoms with E-state index in [1.807, 2.05) is 56.3 Å². The molecule has 0 aliphatic heterocycles. The van der Waals surface area contributed by atoms with Crippen LogP contribution in [0.1, 0.15) is 19.4 Å². The summed E-state index contributed by atoms with van der Waals surface area (Å²) >= 11 is 0. The van der Waals surface area contributed by atoms with Crippen molar-refractivity contribution in [3.05, 3.63) is 48.0 Å². The molecule has 0 amide bonds. The number of hydrogen-bond donors (Lipinski definition) is 0. The van der Waals surface area contributed by atoms with Crippen LogP contribution < -0.4 is 18.9 Å². The largest absolute Gasteiger partial charge is 0.494 e. The Morgan fingerprint density at radius 1 is 0.808 bits per heavy atom. The second-order valence-electron chi connectivity index (χ2n) is 5.16. The summed E-state index contributed by atoms with van der Waals surface area (Å²) in [5.74, 6) is 2.95. The summed E-state index contributed by atoms with van der Waals surface area (Å²) in [5.41, 5.74) is 0.859. The van der Waals surface area contributed by atoms with Crippen LogP contribution >= 0.6 is 0 Å². The van der Waals surface area contributed by atoms with Crippen molar-refractivity contribution in [1.29, 1.82) is 0 Å². The van der Waals surface area contributed by atoms with Gasteiger partial charge in [0.2, 0.25) is 0 Å². The molecule has 0 aliphatic carbocycles. The van der Waals surface area contributed by atoms with Crippen LogP contribution in [0.4, 0.5) is 0 Å². The van der Waals surface area contributed by atoms with Crippen LogP contribution in [-0.2, 0) is 4.84 Å². The van der Waals surface area contributed by atoms with Gasteiger partial charge in [-0.15, -0.1) is 0 Å². The van der Waals surface area contributed by atoms with E-state index in [1.54, 1.807) is 13.3 Å². The van der Waals surface area contributed by atoms with Gasteiger partial charge in [0.1, 0.15) is 18.1 Å². The van der Waals surface area contributed by atoms with Gasteiger partial charge in [-0.25, -0.2) is 0 Å². The first-order valence-electron chi connectivity index (χ1n) is 8.58. The minimum absolute atomic E-state index is 0.345. The lowest BCUT2D eigenvalue weighted by Crippen LogP contribution is -2.04. The van der Waals surface area contributed by atoms with Crippen LogP contribution in [0.25, 0.3) is 0 Å². The molecule has 0 saturated carbocycles. The maximum absolute atomic E-state index is 5.58. The number of methoxy groups -OCH3 is 1. The highest BCUT2D eigenvalue weighted by molar-refractivity contribution is 5.80. The van der Waals surface area contributed by atoms with Gasteiger partial charge in [-0.3, -0.25) is 0 Å². The van der Waals surface area contributed by atoms with E-state index in [4.69, 9.17) is 23.8 Å². The summed E-state index contributed by atoms with van der Waals surface area (Å²) < 4.78 is 21.7. The van der Waals surface area contributed by atoms with Crippen molar-refractivity contribution in [2.75, 3.05) is 33.5 Å². The fourth-order valence-electron chi connectivity index (χ4n) is 2.19. The molecule has 0 aliphatic rings. The Bertz CT molecular complexity index is 685. The maximum atomic E-state index is 5.58. The summed E-state index contributed by atoms with van der Waals surface area (Å²) in [6.07, 6.45) is 1.62. The molecule has 0 aromatic heterocycles. The van der Waals surface area contributed by atoms with Crippen molar-refractivity contribution in [2.45, 2.75) is 13.8 Å². The lowest BCUT2D eigenvalue weighted by molar-refractivity contribution is 0.108. The zero-order chi connectivity index (χ0) is 18.6. The molecular formula is C20H25NO5. The van der Waals surface area contributed by atoms with Crippen LogP contribution in [0.3, 0.4) is 0 Å². The summed E-state index contributed by atoms with van der Waals surface area (Å²) in [6, 6.07) is 13.0. The predicted octanol–water partition coefficient (Wildman–Crippen LogP) is 3.92. The van der Waals surface area contributed by atoms with Crippen molar-refractivity contribution < 1.29 is 23.8 Å². The normalized spacial score (nSPS) is 10.6. The average Bonchev–Trinajstić information content (AvgIpc) is 2.67. The highest BCUT2D eigenvalue weighted by Gasteiger charge is 2.04.